The van der Waals surface area contributed by atoms with Gasteiger partial charge in [-0.3, -0.25) is 0 Å². The van der Waals surface area contributed by atoms with Gasteiger partial charge in [0.2, 0.25) is 0 Å². The molecule has 0 radical (unpaired) electrons. The fourth-order valence-electron chi connectivity index (χ4n) is 1.65. The number of nitrogens with zero attached hydrogens (tertiary/aromatic N) is 1. The van der Waals surface area contributed by atoms with Gasteiger partial charge in [-0.2, -0.15) is 0 Å². The Morgan fingerprint density at radius 1 is 1.38 bits per heavy atom. The zero-order chi connectivity index (χ0) is 9.84. The Labute approximate surface area is 79.0 Å². The average Bonchev–Trinajstić information content (AvgIpc) is 2.28. The van der Waals surface area contributed by atoms with Crippen molar-refractivity contribution in [3.63, 3.8) is 0 Å². The van der Waals surface area contributed by atoms with E-state index < -0.39 is 5.97 Å². The number of carboxylic acid groups (broad SMARTS) is 1. The van der Waals surface area contributed by atoms with Crippen molar-refractivity contribution in [3.05, 3.63) is 11.1 Å². The summed E-state index contributed by atoms with van der Waals surface area (Å²) in [6, 6.07) is 0. The maximum absolute atomic E-state index is 10.7. The molecule has 0 atom stereocenters. The first kappa shape index (κ1) is 10.3. The van der Waals surface area contributed by atoms with Gasteiger partial charge in [-0.05, 0) is 39.8 Å². The monoisotopic (exact) mass is 183 g/mol. The highest BCUT2D eigenvalue weighted by Gasteiger charge is 2.13. The van der Waals surface area contributed by atoms with Crippen LogP contribution in [0.15, 0.2) is 11.1 Å². The molecule has 0 aromatic heterocycles. The largest absolute Gasteiger partial charge is 0.478 e. The fraction of sp³-hybridized carbons (Fsp3) is 0.700. The van der Waals surface area contributed by atoms with Crippen LogP contribution in [0.5, 0.6) is 0 Å². The molecule has 3 nitrogen and oxygen atoms in total. The second-order valence-corrected chi connectivity index (χ2v) is 3.69. The van der Waals surface area contributed by atoms with Gasteiger partial charge in [-0.1, -0.05) is 5.57 Å². The van der Waals surface area contributed by atoms with E-state index in [0.717, 1.165) is 37.9 Å². The lowest BCUT2D eigenvalue weighted by Gasteiger charge is -2.11. The van der Waals surface area contributed by atoms with Gasteiger partial charge in [0.05, 0.1) is 0 Å². The Morgan fingerprint density at radius 3 is 2.69 bits per heavy atom. The number of carbonyl (C=O) groups is 1. The van der Waals surface area contributed by atoms with Crippen LogP contribution in [-0.4, -0.2) is 36.1 Å². The van der Waals surface area contributed by atoms with Crippen LogP contribution in [0.25, 0.3) is 0 Å². The zero-order valence-electron chi connectivity index (χ0n) is 8.34. The number of hydrogen-bond acceptors (Lipinski definition) is 2. The summed E-state index contributed by atoms with van der Waals surface area (Å²) in [6.45, 7) is 3.78. The van der Waals surface area contributed by atoms with Crippen LogP contribution in [0.3, 0.4) is 0 Å². The first-order valence-electron chi connectivity index (χ1n) is 4.71. The molecule has 0 amide bonds. The summed E-state index contributed by atoms with van der Waals surface area (Å²) in [5, 5.41) is 8.82. The van der Waals surface area contributed by atoms with Crippen molar-refractivity contribution in [1.29, 1.82) is 0 Å². The van der Waals surface area contributed by atoms with E-state index >= 15 is 0 Å². The lowest BCUT2D eigenvalue weighted by atomic mass is 10.0. The minimum absolute atomic E-state index is 0.551. The lowest BCUT2D eigenvalue weighted by molar-refractivity contribution is -0.132. The molecule has 0 spiro atoms. The molecule has 13 heavy (non-hydrogen) atoms. The molecule has 0 aliphatic carbocycles. The van der Waals surface area contributed by atoms with Gasteiger partial charge in [-0.15, -0.1) is 0 Å². The maximum atomic E-state index is 10.7. The molecule has 1 saturated heterocycles. The standard InChI is InChI=1S/C10H17NO2/c1-8(10(12)13)9-4-3-6-11(2)7-5-9/h3-7H2,1-2H3,(H,12,13)/b9-8+. The van der Waals surface area contributed by atoms with Crippen LogP contribution >= 0.6 is 0 Å². The molecule has 3 heteroatoms. The Balaban J connectivity index is 2.70. The molecule has 1 N–H and O–H groups in total. The Kier molecular flexibility index (Phi) is 3.48. The molecule has 1 aliphatic rings. The normalized spacial score (nSPS) is 23.8. The third-order valence-electron chi connectivity index (χ3n) is 2.66. The first-order chi connectivity index (χ1) is 6.11. The maximum Gasteiger partial charge on any atom is 0.331 e. The number of rotatable bonds is 1. The van der Waals surface area contributed by atoms with Crippen LogP contribution < -0.4 is 0 Å². The first-order valence-corrected chi connectivity index (χ1v) is 4.71. The van der Waals surface area contributed by atoms with E-state index in [4.69, 9.17) is 5.11 Å². The number of carboxylic acids is 1. The molecule has 1 aliphatic heterocycles. The molecule has 0 aromatic carbocycles. The van der Waals surface area contributed by atoms with Crippen molar-refractivity contribution in [2.24, 2.45) is 0 Å². The zero-order valence-corrected chi connectivity index (χ0v) is 8.34. The highest BCUT2D eigenvalue weighted by atomic mass is 16.4. The average molecular weight is 183 g/mol. The SMILES string of the molecule is C/C(C(=O)O)=C1/CCCN(C)CC1. The van der Waals surface area contributed by atoms with Crippen LogP contribution in [0.1, 0.15) is 26.2 Å². The topological polar surface area (TPSA) is 40.5 Å². The van der Waals surface area contributed by atoms with Crippen molar-refractivity contribution in [1.82, 2.24) is 4.90 Å². The van der Waals surface area contributed by atoms with Crippen molar-refractivity contribution < 1.29 is 9.90 Å². The second kappa shape index (κ2) is 4.42. The van der Waals surface area contributed by atoms with E-state index in [1.165, 1.54) is 0 Å². The van der Waals surface area contributed by atoms with E-state index in [0.29, 0.717) is 5.57 Å². The Hall–Kier alpha value is -0.830. The number of aliphatic carboxylic acids is 1. The van der Waals surface area contributed by atoms with Crippen molar-refractivity contribution in [3.8, 4) is 0 Å². The smallest absolute Gasteiger partial charge is 0.331 e. The Bertz CT molecular complexity index is 233. The van der Waals surface area contributed by atoms with Crippen LogP contribution in [0.4, 0.5) is 0 Å². The van der Waals surface area contributed by atoms with E-state index in [2.05, 4.69) is 11.9 Å². The Morgan fingerprint density at radius 2 is 2.08 bits per heavy atom. The van der Waals surface area contributed by atoms with Crippen molar-refractivity contribution in [2.45, 2.75) is 26.2 Å². The number of hydrogen-bond donors (Lipinski definition) is 1. The summed E-state index contributed by atoms with van der Waals surface area (Å²) in [4.78, 5) is 13.0. The predicted molar refractivity (Wildman–Crippen MR) is 51.7 cm³/mol. The molecule has 0 aromatic rings. The predicted octanol–water partition coefficient (Wildman–Crippen LogP) is 1.50. The highest BCUT2D eigenvalue weighted by molar-refractivity contribution is 5.86. The van der Waals surface area contributed by atoms with Crippen LogP contribution in [0, 0.1) is 0 Å². The van der Waals surface area contributed by atoms with Crippen molar-refractivity contribution in [2.75, 3.05) is 20.1 Å². The van der Waals surface area contributed by atoms with Gasteiger partial charge < -0.3 is 10.0 Å². The lowest BCUT2D eigenvalue weighted by Crippen LogP contribution is -2.18. The summed E-state index contributed by atoms with van der Waals surface area (Å²) >= 11 is 0. The van der Waals surface area contributed by atoms with Gasteiger partial charge in [-0.25, -0.2) is 4.79 Å². The van der Waals surface area contributed by atoms with E-state index in [-0.39, 0.29) is 0 Å². The quantitative estimate of drug-likeness (QED) is 0.626. The molecule has 1 fully saturated rings. The van der Waals surface area contributed by atoms with E-state index in [1.54, 1.807) is 6.92 Å². The van der Waals surface area contributed by atoms with E-state index in [9.17, 15) is 4.79 Å². The third-order valence-corrected chi connectivity index (χ3v) is 2.66. The van der Waals surface area contributed by atoms with Crippen LogP contribution in [-0.2, 0) is 4.79 Å². The van der Waals surface area contributed by atoms with Crippen molar-refractivity contribution >= 4 is 5.97 Å². The number of likely N-dealkylation sites (tertiary alicyclic amines) is 1. The van der Waals surface area contributed by atoms with Gasteiger partial charge in [0.25, 0.3) is 0 Å². The summed E-state index contributed by atoms with van der Waals surface area (Å²) in [6.07, 6.45) is 2.94. The molecule has 0 unspecified atom stereocenters. The molecule has 0 saturated carbocycles. The molecule has 1 rings (SSSR count). The molecular formula is C10H17NO2. The van der Waals surface area contributed by atoms with E-state index in [1.807, 2.05) is 0 Å². The summed E-state index contributed by atoms with van der Waals surface area (Å²) in [5.41, 5.74) is 1.67. The van der Waals surface area contributed by atoms with Gasteiger partial charge in [0.15, 0.2) is 0 Å². The van der Waals surface area contributed by atoms with Gasteiger partial charge >= 0.3 is 5.97 Å². The molecule has 1 heterocycles. The van der Waals surface area contributed by atoms with Gasteiger partial charge in [0.1, 0.15) is 0 Å². The minimum Gasteiger partial charge on any atom is -0.478 e. The fourth-order valence-corrected chi connectivity index (χ4v) is 1.65. The third kappa shape index (κ3) is 2.84. The van der Waals surface area contributed by atoms with Gasteiger partial charge in [0, 0.05) is 12.1 Å². The summed E-state index contributed by atoms with van der Waals surface area (Å²) < 4.78 is 0. The minimum atomic E-state index is -0.764. The highest BCUT2D eigenvalue weighted by Crippen LogP contribution is 2.19. The van der Waals surface area contributed by atoms with Crippen LogP contribution in [0.2, 0.25) is 0 Å². The summed E-state index contributed by atoms with van der Waals surface area (Å²) in [5.74, 6) is -0.764. The molecule has 0 bridgehead atoms. The molecular weight excluding hydrogens is 166 g/mol. The summed E-state index contributed by atoms with van der Waals surface area (Å²) in [7, 11) is 2.08. The second-order valence-electron chi connectivity index (χ2n) is 3.69. The molecule has 74 valence electrons.